The van der Waals surface area contributed by atoms with E-state index in [0.717, 1.165) is 18.7 Å². The van der Waals surface area contributed by atoms with Gasteiger partial charge in [-0.3, -0.25) is 0 Å². The molecule has 0 atom stereocenters. The van der Waals surface area contributed by atoms with Gasteiger partial charge in [-0.25, -0.2) is 4.68 Å². The van der Waals surface area contributed by atoms with Crippen molar-refractivity contribution in [3.05, 3.63) is 5.69 Å². The van der Waals surface area contributed by atoms with Gasteiger partial charge >= 0.3 is 0 Å². The monoisotopic (exact) mass is 196 g/mol. The molecule has 4 heteroatoms. The first-order valence-corrected chi connectivity index (χ1v) is 5.35. The molecule has 0 aliphatic carbocycles. The first-order valence-electron chi connectivity index (χ1n) is 5.35. The Hall–Kier alpha value is -1.06. The highest BCUT2D eigenvalue weighted by Crippen LogP contribution is 2.19. The van der Waals surface area contributed by atoms with Crippen molar-refractivity contribution in [2.24, 2.45) is 0 Å². The van der Waals surface area contributed by atoms with E-state index in [1.165, 1.54) is 12.8 Å². The lowest BCUT2D eigenvalue weighted by atomic mass is 10.1. The molecule has 0 aliphatic rings. The molecule has 0 saturated heterocycles. The van der Waals surface area contributed by atoms with Crippen LogP contribution in [0.25, 0.3) is 0 Å². The summed E-state index contributed by atoms with van der Waals surface area (Å²) in [4.78, 5) is 0. The van der Waals surface area contributed by atoms with Crippen LogP contribution < -0.4 is 5.73 Å². The Morgan fingerprint density at radius 2 is 2.07 bits per heavy atom. The Morgan fingerprint density at radius 3 is 2.64 bits per heavy atom. The summed E-state index contributed by atoms with van der Waals surface area (Å²) < 4.78 is 1.94. The second kappa shape index (κ2) is 4.98. The molecule has 0 unspecified atom stereocenters. The first kappa shape index (κ1) is 11.0. The van der Waals surface area contributed by atoms with Crippen molar-refractivity contribution in [1.82, 2.24) is 15.0 Å². The third-order valence-electron chi connectivity index (χ3n) is 2.32. The summed E-state index contributed by atoms with van der Waals surface area (Å²) in [6.45, 7) is 7.36. The molecule has 2 N–H and O–H groups in total. The average molecular weight is 196 g/mol. The fourth-order valence-electron chi connectivity index (χ4n) is 1.60. The van der Waals surface area contributed by atoms with Crippen LogP contribution in [0.4, 0.5) is 5.82 Å². The number of hydrogen-bond acceptors (Lipinski definition) is 3. The molecule has 0 radical (unpaired) electrons. The number of nitrogen functional groups attached to an aromatic ring is 1. The summed E-state index contributed by atoms with van der Waals surface area (Å²) in [6.07, 6.45) is 3.61. The van der Waals surface area contributed by atoms with Gasteiger partial charge in [-0.15, -0.1) is 5.10 Å². The molecule has 14 heavy (non-hydrogen) atoms. The molecular formula is C10H20N4. The first-order chi connectivity index (χ1) is 6.66. The number of aromatic nitrogens is 3. The fraction of sp³-hybridized carbons (Fsp3) is 0.800. The van der Waals surface area contributed by atoms with Crippen LogP contribution in [-0.2, 0) is 6.54 Å². The minimum Gasteiger partial charge on any atom is -0.381 e. The van der Waals surface area contributed by atoms with E-state index in [2.05, 4.69) is 31.1 Å². The molecule has 1 heterocycles. The summed E-state index contributed by atoms with van der Waals surface area (Å²) in [5, 5.41) is 7.96. The van der Waals surface area contributed by atoms with Crippen LogP contribution in [0.5, 0.6) is 0 Å². The van der Waals surface area contributed by atoms with Crippen LogP contribution in [-0.4, -0.2) is 15.0 Å². The van der Waals surface area contributed by atoms with Gasteiger partial charge < -0.3 is 5.73 Å². The average Bonchev–Trinajstić information content (AvgIpc) is 2.47. The normalized spacial score (nSPS) is 11.1. The van der Waals surface area contributed by atoms with E-state index in [4.69, 9.17) is 5.73 Å². The van der Waals surface area contributed by atoms with Crippen molar-refractivity contribution < 1.29 is 0 Å². The second-order valence-electron chi connectivity index (χ2n) is 3.94. The van der Waals surface area contributed by atoms with Gasteiger partial charge in [0.1, 0.15) is 0 Å². The number of unbranched alkanes of at least 4 members (excludes halogenated alkanes) is 2. The molecule has 1 aromatic rings. The lowest BCUT2D eigenvalue weighted by Gasteiger charge is -2.08. The Balaban J connectivity index is 2.66. The zero-order valence-corrected chi connectivity index (χ0v) is 9.32. The Morgan fingerprint density at radius 1 is 1.36 bits per heavy atom. The molecule has 80 valence electrons. The van der Waals surface area contributed by atoms with Crippen LogP contribution >= 0.6 is 0 Å². The van der Waals surface area contributed by atoms with E-state index in [0.29, 0.717) is 11.7 Å². The van der Waals surface area contributed by atoms with Gasteiger partial charge in [0.25, 0.3) is 0 Å². The van der Waals surface area contributed by atoms with E-state index in [1.807, 2.05) is 4.68 Å². The van der Waals surface area contributed by atoms with Gasteiger partial charge in [0, 0.05) is 6.54 Å². The van der Waals surface area contributed by atoms with Crippen molar-refractivity contribution in [1.29, 1.82) is 0 Å². The van der Waals surface area contributed by atoms with Crippen LogP contribution in [0.2, 0.25) is 0 Å². The number of aryl methyl sites for hydroxylation is 1. The lowest BCUT2D eigenvalue weighted by Crippen LogP contribution is -2.07. The van der Waals surface area contributed by atoms with Gasteiger partial charge in [0.05, 0.1) is 5.69 Å². The second-order valence-corrected chi connectivity index (χ2v) is 3.94. The highest BCUT2D eigenvalue weighted by Gasteiger charge is 2.12. The number of nitrogens with zero attached hydrogens (tertiary/aromatic N) is 3. The summed E-state index contributed by atoms with van der Waals surface area (Å²) >= 11 is 0. The summed E-state index contributed by atoms with van der Waals surface area (Å²) in [5.74, 6) is 0.975. The lowest BCUT2D eigenvalue weighted by molar-refractivity contribution is 0.510. The Bertz CT molecular complexity index is 278. The highest BCUT2D eigenvalue weighted by molar-refractivity contribution is 5.34. The fourth-order valence-corrected chi connectivity index (χ4v) is 1.60. The topological polar surface area (TPSA) is 56.7 Å². The number of rotatable bonds is 5. The van der Waals surface area contributed by atoms with Gasteiger partial charge in [-0.2, -0.15) is 0 Å². The van der Waals surface area contributed by atoms with E-state index in [-0.39, 0.29) is 0 Å². The highest BCUT2D eigenvalue weighted by atomic mass is 15.4. The third kappa shape index (κ3) is 2.47. The molecule has 1 aromatic heterocycles. The molecule has 0 saturated carbocycles. The van der Waals surface area contributed by atoms with Gasteiger partial charge in [0.15, 0.2) is 5.82 Å². The molecule has 0 aromatic carbocycles. The maximum Gasteiger partial charge on any atom is 0.169 e. The molecule has 1 rings (SSSR count). The predicted molar refractivity (Wildman–Crippen MR) is 58.0 cm³/mol. The molecular weight excluding hydrogens is 176 g/mol. The van der Waals surface area contributed by atoms with Crippen LogP contribution in [0.15, 0.2) is 0 Å². The van der Waals surface area contributed by atoms with Crippen molar-refractivity contribution in [2.75, 3.05) is 5.73 Å². The molecule has 0 spiro atoms. The standard InChI is InChI=1S/C10H20N4/c1-4-5-6-7-14-9(8(2)3)10(11)12-13-14/h8H,4-7,11H2,1-3H3. The predicted octanol–water partition coefficient (Wildman–Crippen LogP) is 2.17. The van der Waals surface area contributed by atoms with Crippen LogP contribution in [0.1, 0.15) is 51.6 Å². The van der Waals surface area contributed by atoms with Crippen molar-refractivity contribution in [2.45, 2.75) is 52.5 Å². The summed E-state index contributed by atoms with van der Waals surface area (Å²) in [7, 11) is 0. The maximum atomic E-state index is 5.75. The van der Waals surface area contributed by atoms with Crippen molar-refractivity contribution in [3.8, 4) is 0 Å². The number of anilines is 1. The Labute approximate surface area is 85.5 Å². The Kier molecular flexibility index (Phi) is 3.92. The van der Waals surface area contributed by atoms with Crippen LogP contribution in [0.3, 0.4) is 0 Å². The van der Waals surface area contributed by atoms with Crippen LogP contribution in [0, 0.1) is 0 Å². The van der Waals surface area contributed by atoms with E-state index in [9.17, 15) is 0 Å². The van der Waals surface area contributed by atoms with E-state index < -0.39 is 0 Å². The molecule has 0 bridgehead atoms. The van der Waals surface area contributed by atoms with Gasteiger partial charge in [0.2, 0.25) is 0 Å². The third-order valence-corrected chi connectivity index (χ3v) is 2.32. The molecule has 0 amide bonds. The molecule has 4 nitrogen and oxygen atoms in total. The van der Waals surface area contributed by atoms with Crippen molar-refractivity contribution in [3.63, 3.8) is 0 Å². The molecule has 0 aliphatic heterocycles. The summed E-state index contributed by atoms with van der Waals surface area (Å²) in [6, 6.07) is 0. The van der Waals surface area contributed by atoms with E-state index in [1.54, 1.807) is 0 Å². The van der Waals surface area contributed by atoms with Gasteiger partial charge in [-0.1, -0.05) is 38.8 Å². The molecule has 0 fully saturated rings. The minimum atomic E-state index is 0.395. The number of hydrogen-bond donors (Lipinski definition) is 1. The van der Waals surface area contributed by atoms with E-state index >= 15 is 0 Å². The quantitative estimate of drug-likeness (QED) is 0.734. The largest absolute Gasteiger partial charge is 0.381 e. The summed E-state index contributed by atoms with van der Waals surface area (Å²) in [5.41, 5.74) is 6.82. The maximum absolute atomic E-state index is 5.75. The smallest absolute Gasteiger partial charge is 0.169 e. The SMILES string of the molecule is CCCCCn1nnc(N)c1C(C)C. The minimum absolute atomic E-state index is 0.395. The van der Waals surface area contributed by atoms with Gasteiger partial charge in [-0.05, 0) is 12.3 Å². The van der Waals surface area contributed by atoms with Crippen molar-refractivity contribution >= 4 is 5.82 Å². The zero-order valence-electron chi connectivity index (χ0n) is 9.32. The zero-order chi connectivity index (χ0) is 10.6. The number of nitrogens with two attached hydrogens (primary N) is 1.